The van der Waals surface area contributed by atoms with Gasteiger partial charge in [0.15, 0.2) is 0 Å². The van der Waals surface area contributed by atoms with Crippen LogP contribution >= 0.6 is 0 Å². The quantitative estimate of drug-likeness (QED) is 0.801. The van der Waals surface area contributed by atoms with Crippen molar-refractivity contribution in [1.29, 1.82) is 0 Å². The molecule has 1 aromatic heterocycles. The fourth-order valence-corrected chi connectivity index (χ4v) is 4.30. The van der Waals surface area contributed by atoms with Crippen molar-refractivity contribution in [3.8, 4) is 0 Å². The number of amides is 2. The molecule has 154 valence electrons. The van der Waals surface area contributed by atoms with Crippen LogP contribution in [0.5, 0.6) is 0 Å². The van der Waals surface area contributed by atoms with Gasteiger partial charge in [-0.25, -0.2) is 0 Å². The van der Waals surface area contributed by atoms with Crippen molar-refractivity contribution in [2.45, 2.75) is 51.6 Å². The Labute approximate surface area is 167 Å². The molecule has 0 atom stereocenters. The number of rotatable bonds is 6. The van der Waals surface area contributed by atoms with Gasteiger partial charge >= 0.3 is 0 Å². The summed E-state index contributed by atoms with van der Waals surface area (Å²) < 4.78 is 5.54. The van der Waals surface area contributed by atoms with Crippen LogP contribution in [-0.2, 0) is 9.53 Å². The number of aryl methyl sites for hydroxylation is 1. The molecular weight excluding hydrogens is 356 g/mol. The van der Waals surface area contributed by atoms with Gasteiger partial charge in [-0.1, -0.05) is 6.07 Å². The Morgan fingerprint density at radius 2 is 1.89 bits per heavy atom. The highest BCUT2D eigenvalue weighted by atomic mass is 16.5. The fourth-order valence-electron chi connectivity index (χ4n) is 4.30. The van der Waals surface area contributed by atoms with Gasteiger partial charge in [-0.2, -0.15) is 0 Å². The number of likely N-dealkylation sites (tertiary alicyclic amines) is 1. The standard InChI is InChI=1S/C21H32N4O3/c1-16-4-3-9-22-20(16)21(27)23-10-13-25(19-7-14-28-15-8-19)18-5-11-24(12-6-18)17(2)26/h3-4,9,18-19H,5-8,10-15H2,1-2H3,(H,23,27). The lowest BCUT2D eigenvalue weighted by molar-refractivity contribution is -0.130. The molecule has 0 bridgehead atoms. The van der Waals surface area contributed by atoms with Gasteiger partial charge in [0.05, 0.1) is 0 Å². The number of carbonyl (C=O) groups excluding carboxylic acids is 2. The van der Waals surface area contributed by atoms with Gasteiger partial charge in [-0.3, -0.25) is 19.5 Å². The molecule has 1 N–H and O–H groups in total. The summed E-state index contributed by atoms with van der Waals surface area (Å²) in [5.74, 6) is 0.0467. The average Bonchev–Trinajstić information content (AvgIpc) is 2.72. The fraction of sp³-hybridized carbons (Fsp3) is 0.667. The van der Waals surface area contributed by atoms with Gasteiger partial charge in [-0.05, 0) is 44.2 Å². The highest BCUT2D eigenvalue weighted by Gasteiger charge is 2.31. The predicted octanol–water partition coefficient (Wildman–Crippen LogP) is 1.61. The van der Waals surface area contributed by atoms with E-state index >= 15 is 0 Å². The molecule has 7 nitrogen and oxygen atoms in total. The van der Waals surface area contributed by atoms with E-state index in [1.54, 1.807) is 13.1 Å². The first kappa shape index (κ1) is 20.7. The zero-order valence-electron chi connectivity index (χ0n) is 17.0. The van der Waals surface area contributed by atoms with E-state index in [1.165, 1.54) is 0 Å². The molecule has 28 heavy (non-hydrogen) atoms. The summed E-state index contributed by atoms with van der Waals surface area (Å²) in [6, 6.07) is 4.68. The van der Waals surface area contributed by atoms with E-state index in [9.17, 15) is 9.59 Å². The largest absolute Gasteiger partial charge is 0.381 e. The van der Waals surface area contributed by atoms with Crippen LogP contribution in [0.15, 0.2) is 18.3 Å². The number of nitrogens with zero attached hydrogens (tertiary/aromatic N) is 3. The molecule has 2 aliphatic heterocycles. The van der Waals surface area contributed by atoms with E-state index in [-0.39, 0.29) is 11.8 Å². The number of carbonyl (C=O) groups is 2. The summed E-state index contributed by atoms with van der Waals surface area (Å²) in [6.45, 7) is 8.19. The van der Waals surface area contributed by atoms with Crippen molar-refractivity contribution in [2.24, 2.45) is 0 Å². The van der Waals surface area contributed by atoms with E-state index in [1.807, 2.05) is 24.0 Å². The normalized spacial score (nSPS) is 19.0. The van der Waals surface area contributed by atoms with Gasteiger partial charge < -0.3 is 15.0 Å². The molecule has 0 unspecified atom stereocenters. The number of nitrogens with one attached hydrogen (secondary N) is 1. The van der Waals surface area contributed by atoms with Crippen molar-refractivity contribution in [3.05, 3.63) is 29.6 Å². The molecule has 3 rings (SSSR count). The highest BCUT2D eigenvalue weighted by molar-refractivity contribution is 5.93. The van der Waals surface area contributed by atoms with Gasteiger partial charge in [0.1, 0.15) is 5.69 Å². The second kappa shape index (κ2) is 9.98. The Kier molecular flexibility index (Phi) is 7.39. The third-order valence-corrected chi connectivity index (χ3v) is 5.92. The van der Waals surface area contributed by atoms with E-state index in [4.69, 9.17) is 4.74 Å². The zero-order chi connectivity index (χ0) is 19.9. The van der Waals surface area contributed by atoms with Crippen LogP contribution in [0.1, 0.15) is 48.7 Å². The van der Waals surface area contributed by atoms with Gasteiger partial charge in [0.2, 0.25) is 5.91 Å². The first-order chi connectivity index (χ1) is 13.6. The summed E-state index contributed by atoms with van der Waals surface area (Å²) in [6.07, 6.45) is 5.69. The maximum atomic E-state index is 12.5. The van der Waals surface area contributed by atoms with Crippen LogP contribution in [0.2, 0.25) is 0 Å². The minimum atomic E-state index is -0.114. The summed E-state index contributed by atoms with van der Waals surface area (Å²) in [5.41, 5.74) is 1.38. The number of piperidine rings is 1. The van der Waals surface area contributed by atoms with Crippen LogP contribution in [0.25, 0.3) is 0 Å². The van der Waals surface area contributed by atoms with Crippen molar-refractivity contribution in [2.75, 3.05) is 39.4 Å². The zero-order valence-corrected chi connectivity index (χ0v) is 17.0. The van der Waals surface area contributed by atoms with Crippen LogP contribution in [0.4, 0.5) is 0 Å². The molecule has 0 aromatic carbocycles. The lowest BCUT2D eigenvalue weighted by Crippen LogP contribution is -2.53. The SMILES string of the molecule is CC(=O)N1CCC(N(CCNC(=O)c2ncccc2C)C2CCOCC2)CC1. The molecule has 7 heteroatoms. The number of ether oxygens (including phenoxy) is 1. The Balaban J connectivity index is 1.57. The first-order valence-corrected chi connectivity index (χ1v) is 10.3. The molecule has 0 radical (unpaired) electrons. The van der Waals surface area contributed by atoms with Gasteiger partial charge in [0, 0.05) is 64.6 Å². The second-order valence-corrected chi connectivity index (χ2v) is 7.74. The van der Waals surface area contributed by atoms with Crippen molar-refractivity contribution >= 4 is 11.8 Å². The van der Waals surface area contributed by atoms with Crippen molar-refractivity contribution < 1.29 is 14.3 Å². The Hall–Kier alpha value is -1.99. The van der Waals surface area contributed by atoms with Crippen LogP contribution < -0.4 is 5.32 Å². The summed E-state index contributed by atoms with van der Waals surface area (Å²) in [4.78, 5) is 32.8. The molecule has 3 heterocycles. The molecule has 2 fully saturated rings. The molecule has 1 aromatic rings. The van der Waals surface area contributed by atoms with E-state index < -0.39 is 0 Å². The van der Waals surface area contributed by atoms with Crippen LogP contribution in [0, 0.1) is 6.92 Å². The lowest BCUT2D eigenvalue weighted by atomic mass is 9.98. The summed E-state index contributed by atoms with van der Waals surface area (Å²) in [7, 11) is 0. The van der Waals surface area contributed by atoms with Crippen LogP contribution in [0.3, 0.4) is 0 Å². The minimum absolute atomic E-state index is 0.114. The number of hydrogen-bond acceptors (Lipinski definition) is 5. The van der Waals surface area contributed by atoms with E-state index in [0.717, 1.165) is 64.1 Å². The number of aromatic nitrogens is 1. The topological polar surface area (TPSA) is 74.8 Å². The van der Waals surface area contributed by atoms with Gasteiger partial charge in [0.25, 0.3) is 5.91 Å². The maximum Gasteiger partial charge on any atom is 0.270 e. The Morgan fingerprint density at radius 3 is 2.54 bits per heavy atom. The Bertz CT molecular complexity index is 667. The molecule has 0 saturated carbocycles. The third-order valence-electron chi connectivity index (χ3n) is 5.92. The maximum absolute atomic E-state index is 12.5. The smallest absolute Gasteiger partial charge is 0.270 e. The first-order valence-electron chi connectivity index (χ1n) is 10.3. The van der Waals surface area contributed by atoms with Gasteiger partial charge in [-0.15, -0.1) is 0 Å². The molecule has 2 aliphatic rings. The number of pyridine rings is 1. The molecule has 2 amide bonds. The molecule has 0 aliphatic carbocycles. The molecule has 2 saturated heterocycles. The third kappa shape index (κ3) is 5.29. The van der Waals surface area contributed by atoms with E-state index in [0.29, 0.717) is 24.3 Å². The summed E-state index contributed by atoms with van der Waals surface area (Å²) >= 11 is 0. The lowest BCUT2D eigenvalue weighted by Gasteiger charge is -2.43. The molecule has 0 spiro atoms. The highest BCUT2D eigenvalue weighted by Crippen LogP contribution is 2.23. The summed E-state index contributed by atoms with van der Waals surface area (Å²) in [5, 5.41) is 3.04. The van der Waals surface area contributed by atoms with Crippen molar-refractivity contribution in [1.82, 2.24) is 20.1 Å². The second-order valence-electron chi connectivity index (χ2n) is 7.74. The average molecular weight is 389 g/mol. The number of hydrogen-bond donors (Lipinski definition) is 1. The monoisotopic (exact) mass is 388 g/mol. The van der Waals surface area contributed by atoms with Crippen molar-refractivity contribution in [3.63, 3.8) is 0 Å². The van der Waals surface area contributed by atoms with Crippen LogP contribution in [-0.4, -0.2) is 78.1 Å². The van der Waals surface area contributed by atoms with E-state index in [2.05, 4.69) is 15.2 Å². The minimum Gasteiger partial charge on any atom is -0.381 e. The Morgan fingerprint density at radius 1 is 1.21 bits per heavy atom. The predicted molar refractivity (Wildman–Crippen MR) is 107 cm³/mol. The molecular formula is C21H32N4O3.